The standard InChI is InChI=1S/C18H20N2O4.ClH/c1-11-3-4-12(2)15(7-11)22-6-5-18(21)20-14-9-17-16(8-13(14)19)23-10-24-17;/h3-4,7-9H,5-6,10,19H2,1-2H3,(H,20,21);1H. The molecule has 1 aliphatic rings. The second kappa shape index (κ2) is 7.98. The van der Waals surface area contributed by atoms with E-state index in [1.54, 1.807) is 12.1 Å². The van der Waals surface area contributed by atoms with Crippen molar-refractivity contribution in [1.29, 1.82) is 0 Å². The van der Waals surface area contributed by atoms with E-state index < -0.39 is 0 Å². The van der Waals surface area contributed by atoms with Gasteiger partial charge in [-0.05, 0) is 31.0 Å². The van der Waals surface area contributed by atoms with Gasteiger partial charge in [0.05, 0.1) is 24.4 Å². The van der Waals surface area contributed by atoms with Gasteiger partial charge in [-0.25, -0.2) is 0 Å². The van der Waals surface area contributed by atoms with Gasteiger partial charge in [-0.1, -0.05) is 12.1 Å². The van der Waals surface area contributed by atoms with E-state index in [1.807, 2.05) is 32.0 Å². The number of aryl methyl sites for hydroxylation is 2. The molecule has 0 aromatic heterocycles. The minimum atomic E-state index is -0.175. The van der Waals surface area contributed by atoms with Crippen molar-refractivity contribution in [1.82, 2.24) is 0 Å². The fourth-order valence-electron chi connectivity index (χ4n) is 2.40. The van der Waals surface area contributed by atoms with Gasteiger partial charge < -0.3 is 25.3 Å². The van der Waals surface area contributed by atoms with E-state index in [1.165, 1.54) is 0 Å². The highest BCUT2D eigenvalue weighted by molar-refractivity contribution is 5.94. The molecule has 1 aliphatic heterocycles. The zero-order valence-corrected chi connectivity index (χ0v) is 14.9. The summed E-state index contributed by atoms with van der Waals surface area (Å²) in [5, 5.41) is 2.77. The van der Waals surface area contributed by atoms with Crippen LogP contribution in [0.15, 0.2) is 30.3 Å². The summed E-state index contributed by atoms with van der Waals surface area (Å²) in [6, 6.07) is 9.30. The first-order chi connectivity index (χ1) is 11.5. The topological polar surface area (TPSA) is 82.8 Å². The summed E-state index contributed by atoms with van der Waals surface area (Å²) in [5.41, 5.74) is 9.02. The molecule has 2 aromatic rings. The quantitative estimate of drug-likeness (QED) is 0.794. The zero-order valence-electron chi connectivity index (χ0n) is 14.1. The maximum atomic E-state index is 12.1. The van der Waals surface area contributed by atoms with E-state index in [-0.39, 0.29) is 31.5 Å². The van der Waals surface area contributed by atoms with Crippen LogP contribution in [0.25, 0.3) is 0 Å². The molecule has 0 fully saturated rings. The summed E-state index contributed by atoms with van der Waals surface area (Å²) in [6.07, 6.45) is 0.223. The van der Waals surface area contributed by atoms with Crippen LogP contribution in [0, 0.1) is 13.8 Å². The Morgan fingerprint density at radius 3 is 2.68 bits per heavy atom. The number of benzene rings is 2. The third kappa shape index (κ3) is 4.48. The molecule has 2 aromatic carbocycles. The lowest BCUT2D eigenvalue weighted by Crippen LogP contribution is -2.16. The van der Waals surface area contributed by atoms with Crippen molar-refractivity contribution < 1.29 is 19.0 Å². The number of carbonyl (C=O) groups excluding carboxylic acids is 1. The molecule has 0 bridgehead atoms. The summed E-state index contributed by atoms with van der Waals surface area (Å²) in [5.74, 6) is 1.78. The summed E-state index contributed by atoms with van der Waals surface area (Å²) >= 11 is 0. The molecular weight excluding hydrogens is 344 g/mol. The third-order valence-electron chi connectivity index (χ3n) is 3.75. The Morgan fingerprint density at radius 2 is 1.92 bits per heavy atom. The summed E-state index contributed by atoms with van der Waals surface area (Å²) in [4.78, 5) is 12.1. The second-order valence-electron chi connectivity index (χ2n) is 5.71. The number of nitrogens with one attached hydrogen (secondary N) is 1. The van der Waals surface area contributed by atoms with Gasteiger partial charge in [-0.3, -0.25) is 4.79 Å². The lowest BCUT2D eigenvalue weighted by atomic mass is 10.1. The first-order valence-electron chi connectivity index (χ1n) is 7.72. The van der Waals surface area contributed by atoms with Gasteiger partial charge in [0.1, 0.15) is 5.75 Å². The number of amides is 1. The van der Waals surface area contributed by atoms with E-state index in [9.17, 15) is 4.79 Å². The van der Waals surface area contributed by atoms with E-state index in [2.05, 4.69) is 5.32 Å². The lowest BCUT2D eigenvalue weighted by Gasteiger charge is -2.11. The number of halogens is 1. The Hall–Kier alpha value is -2.60. The maximum absolute atomic E-state index is 12.1. The molecule has 134 valence electrons. The Morgan fingerprint density at radius 1 is 1.20 bits per heavy atom. The number of carbonyl (C=O) groups is 1. The lowest BCUT2D eigenvalue weighted by molar-refractivity contribution is -0.116. The van der Waals surface area contributed by atoms with Gasteiger partial charge in [-0.15, -0.1) is 12.4 Å². The van der Waals surface area contributed by atoms with Crippen molar-refractivity contribution in [2.24, 2.45) is 0 Å². The molecule has 0 saturated carbocycles. The van der Waals surface area contributed by atoms with Gasteiger partial charge in [0.15, 0.2) is 11.5 Å². The van der Waals surface area contributed by atoms with Crippen molar-refractivity contribution in [3.63, 3.8) is 0 Å². The molecule has 0 unspecified atom stereocenters. The fourth-order valence-corrected chi connectivity index (χ4v) is 2.40. The van der Waals surface area contributed by atoms with Crippen LogP contribution < -0.4 is 25.3 Å². The summed E-state index contributed by atoms with van der Waals surface area (Å²) in [7, 11) is 0. The highest BCUT2D eigenvalue weighted by atomic mass is 35.5. The van der Waals surface area contributed by atoms with Gasteiger partial charge in [0.2, 0.25) is 12.7 Å². The van der Waals surface area contributed by atoms with E-state index >= 15 is 0 Å². The van der Waals surface area contributed by atoms with Crippen LogP contribution in [0.5, 0.6) is 17.2 Å². The number of hydrogen-bond acceptors (Lipinski definition) is 5. The van der Waals surface area contributed by atoms with Crippen molar-refractivity contribution in [3.8, 4) is 17.2 Å². The van der Waals surface area contributed by atoms with Crippen molar-refractivity contribution in [3.05, 3.63) is 41.5 Å². The average molecular weight is 365 g/mol. The van der Waals surface area contributed by atoms with Crippen molar-refractivity contribution >= 4 is 29.7 Å². The minimum absolute atomic E-state index is 0. The third-order valence-corrected chi connectivity index (χ3v) is 3.75. The first-order valence-corrected chi connectivity index (χ1v) is 7.72. The van der Waals surface area contributed by atoms with Crippen molar-refractivity contribution in [2.75, 3.05) is 24.5 Å². The molecule has 0 spiro atoms. The Kier molecular flexibility index (Phi) is 5.98. The summed E-state index contributed by atoms with van der Waals surface area (Å²) in [6.45, 7) is 4.43. The van der Waals surface area contributed by atoms with Gasteiger partial charge in [0.25, 0.3) is 0 Å². The molecule has 3 rings (SSSR count). The molecule has 0 aliphatic carbocycles. The Bertz CT molecular complexity index is 780. The molecule has 0 saturated heterocycles. The van der Waals surface area contributed by atoms with Gasteiger partial charge in [-0.2, -0.15) is 0 Å². The molecule has 3 N–H and O–H groups in total. The van der Waals surface area contributed by atoms with Crippen LogP contribution in [-0.2, 0) is 4.79 Å². The molecule has 0 radical (unpaired) electrons. The van der Waals surface area contributed by atoms with Crippen LogP contribution >= 0.6 is 12.4 Å². The first kappa shape index (κ1) is 18.7. The normalized spacial score (nSPS) is 11.6. The Labute approximate surface area is 152 Å². The molecular formula is C18H21ClN2O4. The molecule has 0 atom stereocenters. The molecule has 7 heteroatoms. The van der Waals surface area contributed by atoms with Crippen molar-refractivity contribution in [2.45, 2.75) is 20.3 Å². The number of nitrogens with two attached hydrogens (primary N) is 1. The van der Waals surface area contributed by atoms with E-state index in [4.69, 9.17) is 19.9 Å². The van der Waals surface area contributed by atoms with E-state index in [0.29, 0.717) is 29.5 Å². The second-order valence-corrected chi connectivity index (χ2v) is 5.71. The minimum Gasteiger partial charge on any atom is -0.493 e. The number of ether oxygens (including phenoxy) is 3. The predicted molar refractivity (Wildman–Crippen MR) is 98.9 cm³/mol. The van der Waals surface area contributed by atoms with Crippen LogP contribution in [0.4, 0.5) is 11.4 Å². The molecule has 1 heterocycles. The molecule has 6 nitrogen and oxygen atoms in total. The SMILES string of the molecule is Cc1ccc(C)c(OCCC(=O)Nc2cc3c(cc2N)OCO3)c1.Cl. The fraction of sp³-hybridized carbons (Fsp3) is 0.278. The van der Waals surface area contributed by atoms with Gasteiger partial charge >= 0.3 is 0 Å². The zero-order chi connectivity index (χ0) is 17.1. The average Bonchev–Trinajstić information content (AvgIpc) is 2.98. The maximum Gasteiger partial charge on any atom is 0.231 e. The largest absolute Gasteiger partial charge is 0.493 e. The van der Waals surface area contributed by atoms with Crippen LogP contribution in [0.1, 0.15) is 17.5 Å². The van der Waals surface area contributed by atoms with E-state index in [0.717, 1.165) is 16.9 Å². The van der Waals surface area contributed by atoms with Gasteiger partial charge in [0, 0.05) is 12.1 Å². The number of nitrogen functional groups attached to an aromatic ring is 1. The van der Waals surface area contributed by atoms with Crippen LogP contribution in [0.3, 0.4) is 0 Å². The number of anilines is 2. The molecule has 25 heavy (non-hydrogen) atoms. The summed E-state index contributed by atoms with van der Waals surface area (Å²) < 4.78 is 16.2. The highest BCUT2D eigenvalue weighted by Gasteiger charge is 2.17. The Balaban J connectivity index is 0.00000225. The predicted octanol–water partition coefficient (Wildman–Crippen LogP) is 3.44. The van der Waals surface area contributed by atoms with Crippen LogP contribution in [-0.4, -0.2) is 19.3 Å². The van der Waals surface area contributed by atoms with Crippen LogP contribution in [0.2, 0.25) is 0 Å². The highest BCUT2D eigenvalue weighted by Crippen LogP contribution is 2.38. The number of rotatable bonds is 5. The number of fused-ring (bicyclic) bond motifs is 1. The number of hydrogen-bond donors (Lipinski definition) is 2. The monoisotopic (exact) mass is 364 g/mol. The molecule has 1 amide bonds. The smallest absolute Gasteiger partial charge is 0.231 e.